The minimum Gasteiger partial charge on any atom is -0.488 e. The van der Waals surface area contributed by atoms with Crippen LogP contribution in [0.3, 0.4) is 0 Å². The lowest BCUT2D eigenvalue weighted by Crippen LogP contribution is -2.19. The molecule has 0 unspecified atom stereocenters. The van der Waals surface area contributed by atoms with Crippen molar-refractivity contribution in [3.8, 4) is 5.75 Å². The van der Waals surface area contributed by atoms with Crippen LogP contribution in [0.5, 0.6) is 5.75 Å². The van der Waals surface area contributed by atoms with Gasteiger partial charge in [0.15, 0.2) is 0 Å². The van der Waals surface area contributed by atoms with Crippen LogP contribution >= 0.6 is 39.1 Å². The normalized spacial score (nSPS) is 11.0. The third-order valence-electron chi connectivity index (χ3n) is 3.47. The molecule has 1 amide bonds. The molecule has 0 fully saturated rings. The number of hydrazone groups is 1. The van der Waals surface area contributed by atoms with Gasteiger partial charge in [0.25, 0.3) is 5.91 Å². The summed E-state index contributed by atoms with van der Waals surface area (Å²) in [6.07, 6.45) is 1.42. The van der Waals surface area contributed by atoms with E-state index in [4.69, 9.17) is 33.7 Å². The van der Waals surface area contributed by atoms with Gasteiger partial charge in [-0.3, -0.25) is 4.79 Å². The summed E-state index contributed by atoms with van der Waals surface area (Å²) >= 11 is 15.5. The van der Waals surface area contributed by atoms with E-state index in [1.165, 1.54) is 6.21 Å². The van der Waals surface area contributed by atoms with Crippen molar-refractivity contribution in [2.24, 2.45) is 5.10 Å². The molecule has 3 N–H and O–H groups in total. The molecule has 0 saturated heterocycles. The van der Waals surface area contributed by atoms with Crippen LogP contribution in [0.4, 0.5) is 5.82 Å². The topological polar surface area (TPSA) is 116 Å². The third-order valence-corrected chi connectivity index (χ3v) is 4.55. The smallest absolute Gasteiger partial charge is 0.297 e. The Labute approximate surface area is 177 Å². The van der Waals surface area contributed by atoms with E-state index in [9.17, 15) is 4.79 Å². The van der Waals surface area contributed by atoms with Gasteiger partial charge in [-0.25, -0.2) is 10.1 Å². The standard InChI is InChI=1S/C17H12BrCl2N5O3/c18-11-2-4-14(27-8-9-1-3-12(19)6-13(9)20)10(5-11)7-22-23-17(26)15-16(21)25-28-24-15/h1-7H,8H2,(H2,21,25)(H,23,26)/b22-7+. The monoisotopic (exact) mass is 483 g/mol. The number of carbonyl (C=O) groups excluding carboxylic acids is 1. The van der Waals surface area contributed by atoms with Gasteiger partial charge in [0, 0.05) is 25.6 Å². The maximum atomic E-state index is 11.9. The van der Waals surface area contributed by atoms with Crippen molar-refractivity contribution in [2.75, 3.05) is 5.73 Å². The van der Waals surface area contributed by atoms with E-state index in [0.717, 1.165) is 10.0 Å². The second-order valence-electron chi connectivity index (χ2n) is 5.40. The zero-order chi connectivity index (χ0) is 20.1. The number of nitrogens with two attached hydrogens (primary N) is 1. The van der Waals surface area contributed by atoms with Gasteiger partial charge in [0.05, 0.1) is 6.21 Å². The van der Waals surface area contributed by atoms with E-state index < -0.39 is 5.91 Å². The van der Waals surface area contributed by atoms with Gasteiger partial charge in [-0.1, -0.05) is 45.2 Å². The average molecular weight is 485 g/mol. The van der Waals surface area contributed by atoms with E-state index in [1.807, 2.05) is 6.07 Å². The molecule has 0 saturated carbocycles. The molecule has 0 bridgehead atoms. The number of carbonyl (C=O) groups is 1. The molecule has 144 valence electrons. The first-order chi connectivity index (χ1) is 13.4. The van der Waals surface area contributed by atoms with Crippen LogP contribution < -0.4 is 15.9 Å². The number of amides is 1. The van der Waals surface area contributed by atoms with E-state index in [1.54, 1.807) is 30.3 Å². The van der Waals surface area contributed by atoms with Gasteiger partial charge in [0.2, 0.25) is 11.5 Å². The number of halogens is 3. The van der Waals surface area contributed by atoms with Gasteiger partial charge in [0.1, 0.15) is 12.4 Å². The number of nitrogens with one attached hydrogen (secondary N) is 1. The van der Waals surface area contributed by atoms with Gasteiger partial charge in [-0.15, -0.1) is 0 Å². The number of aromatic nitrogens is 2. The van der Waals surface area contributed by atoms with E-state index in [-0.39, 0.29) is 18.1 Å². The molecule has 8 nitrogen and oxygen atoms in total. The second-order valence-corrected chi connectivity index (χ2v) is 7.16. The predicted molar refractivity (Wildman–Crippen MR) is 109 cm³/mol. The second kappa shape index (κ2) is 9.05. The highest BCUT2D eigenvalue weighted by molar-refractivity contribution is 9.10. The maximum absolute atomic E-state index is 11.9. The number of nitrogen functional groups attached to an aromatic ring is 1. The molecule has 3 rings (SSSR count). The van der Waals surface area contributed by atoms with Gasteiger partial charge in [-0.2, -0.15) is 5.10 Å². The van der Waals surface area contributed by atoms with Crippen molar-refractivity contribution < 1.29 is 14.2 Å². The molecule has 0 atom stereocenters. The zero-order valence-electron chi connectivity index (χ0n) is 14.0. The summed E-state index contributed by atoms with van der Waals surface area (Å²) in [6.45, 7) is 0.228. The van der Waals surface area contributed by atoms with Crippen LogP contribution in [-0.2, 0) is 6.61 Å². The molecule has 0 aliphatic carbocycles. The predicted octanol–water partition coefficient (Wildman–Crippen LogP) is 4.06. The fourth-order valence-corrected chi connectivity index (χ4v) is 2.95. The number of hydrogen-bond donors (Lipinski definition) is 2. The molecule has 0 aliphatic rings. The molecule has 0 radical (unpaired) electrons. The fourth-order valence-electron chi connectivity index (χ4n) is 2.11. The number of rotatable bonds is 6. The van der Waals surface area contributed by atoms with Gasteiger partial charge < -0.3 is 10.5 Å². The summed E-state index contributed by atoms with van der Waals surface area (Å²) in [5.74, 6) is -0.241. The Morgan fingerprint density at radius 2 is 2.11 bits per heavy atom. The van der Waals surface area contributed by atoms with Crippen molar-refractivity contribution in [1.29, 1.82) is 0 Å². The minimum atomic E-state index is -0.652. The van der Waals surface area contributed by atoms with Crippen LogP contribution in [-0.4, -0.2) is 22.4 Å². The van der Waals surface area contributed by atoms with Crippen LogP contribution in [0.1, 0.15) is 21.6 Å². The maximum Gasteiger partial charge on any atom is 0.297 e. The summed E-state index contributed by atoms with van der Waals surface area (Å²) < 4.78 is 11.0. The molecule has 2 aromatic carbocycles. The van der Waals surface area contributed by atoms with Crippen molar-refractivity contribution in [3.63, 3.8) is 0 Å². The number of ether oxygens (including phenoxy) is 1. The third kappa shape index (κ3) is 5.00. The first-order valence-electron chi connectivity index (χ1n) is 7.72. The average Bonchev–Trinajstić information content (AvgIpc) is 3.08. The quantitative estimate of drug-likeness (QED) is 0.402. The van der Waals surface area contributed by atoms with Crippen molar-refractivity contribution in [1.82, 2.24) is 15.7 Å². The Morgan fingerprint density at radius 3 is 2.82 bits per heavy atom. The molecule has 0 aliphatic heterocycles. The number of benzene rings is 2. The van der Waals surface area contributed by atoms with E-state index in [0.29, 0.717) is 21.4 Å². The van der Waals surface area contributed by atoms with Crippen LogP contribution in [0.25, 0.3) is 0 Å². The van der Waals surface area contributed by atoms with Crippen LogP contribution in [0.2, 0.25) is 10.0 Å². The molecular weight excluding hydrogens is 473 g/mol. The number of nitrogens with zero attached hydrogens (tertiary/aromatic N) is 3. The number of anilines is 1. The Balaban J connectivity index is 1.71. The molecule has 11 heteroatoms. The molecule has 3 aromatic rings. The van der Waals surface area contributed by atoms with Crippen molar-refractivity contribution >= 4 is 57.1 Å². The molecule has 0 spiro atoms. The summed E-state index contributed by atoms with van der Waals surface area (Å²) in [6, 6.07) is 10.5. The van der Waals surface area contributed by atoms with Crippen LogP contribution in [0.15, 0.2) is 50.6 Å². The zero-order valence-corrected chi connectivity index (χ0v) is 17.1. The highest BCUT2D eigenvalue weighted by Crippen LogP contribution is 2.25. The molecule has 1 aromatic heterocycles. The lowest BCUT2D eigenvalue weighted by molar-refractivity contribution is 0.0946. The first kappa shape index (κ1) is 20.1. The minimum absolute atomic E-state index is 0.126. The summed E-state index contributed by atoms with van der Waals surface area (Å²) in [5.41, 5.74) is 8.99. The van der Waals surface area contributed by atoms with Gasteiger partial charge >= 0.3 is 0 Å². The molecular formula is C17H12BrCl2N5O3. The largest absolute Gasteiger partial charge is 0.488 e. The van der Waals surface area contributed by atoms with Crippen molar-refractivity contribution in [3.05, 3.63) is 67.7 Å². The van der Waals surface area contributed by atoms with E-state index >= 15 is 0 Å². The summed E-state index contributed by atoms with van der Waals surface area (Å²) in [4.78, 5) is 11.9. The van der Waals surface area contributed by atoms with E-state index in [2.05, 4.69) is 41.4 Å². The Hall–Kier alpha value is -2.62. The Bertz CT molecular complexity index is 1040. The SMILES string of the molecule is Nc1nonc1C(=O)N/N=C/c1cc(Br)ccc1OCc1ccc(Cl)cc1Cl. The fraction of sp³-hybridized carbons (Fsp3) is 0.0588. The van der Waals surface area contributed by atoms with Crippen LogP contribution in [0, 0.1) is 0 Å². The number of hydrogen-bond acceptors (Lipinski definition) is 7. The lowest BCUT2D eigenvalue weighted by atomic mass is 10.2. The highest BCUT2D eigenvalue weighted by Gasteiger charge is 2.15. The highest BCUT2D eigenvalue weighted by atomic mass is 79.9. The van der Waals surface area contributed by atoms with Crippen molar-refractivity contribution in [2.45, 2.75) is 6.61 Å². The summed E-state index contributed by atoms with van der Waals surface area (Å²) in [5, 5.41) is 11.7. The summed E-state index contributed by atoms with van der Waals surface area (Å²) in [7, 11) is 0. The first-order valence-corrected chi connectivity index (χ1v) is 9.26. The Kier molecular flexibility index (Phi) is 6.50. The lowest BCUT2D eigenvalue weighted by Gasteiger charge is -2.11. The molecule has 1 heterocycles. The van der Waals surface area contributed by atoms with Gasteiger partial charge in [-0.05, 0) is 40.6 Å². The Morgan fingerprint density at radius 1 is 1.29 bits per heavy atom. The molecule has 28 heavy (non-hydrogen) atoms.